The molecular formula is C24H25N3O3. The second kappa shape index (κ2) is 7.95. The molecule has 154 valence electrons. The van der Waals surface area contributed by atoms with Gasteiger partial charge >= 0.3 is 0 Å². The summed E-state index contributed by atoms with van der Waals surface area (Å²) in [5.41, 5.74) is 3.69. The maximum absolute atomic E-state index is 13.4. The van der Waals surface area contributed by atoms with Gasteiger partial charge in [0.15, 0.2) is 0 Å². The number of amides is 1. The number of nitrogens with zero attached hydrogens (tertiary/aromatic N) is 3. The monoisotopic (exact) mass is 403 g/mol. The first-order valence-electron chi connectivity index (χ1n) is 10.6. The van der Waals surface area contributed by atoms with Crippen molar-refractivity contribution >= 4 is 5.91 Å². The predicted octanol–water partition coefficient (Wildman–Crippen LogP) is 2.75. The fourth-order valence-electron chi connectivity index (χ4n) is 4.48. The van der Waals surface area contributed by atoms with Gasteiger partial charge in [-0.15, -0.1) is 0 Å². The second-order valence-corrected chi connectivity index (χ2v) is 7.93. The van der Waals surface area contributed by atoms with Gasteiger partial charge in [-0.1, -0.05) is 48.5 Å². The van der Waals surface area contributed by atoms with E-state index in [0.717, 1.165) is 35.3 Å². The average Bonchev–Trinajstić information content (AvgIpc) is 3.42. The van der Waals surface area contributed by atoms with Gasteiger partial charge in [-0.3, -0.25) is 14.3 Å². The maximum Gasteiger partial charge on any atom is 0.275 e. The fraction of sp³-hybridized carbons (Fsp3) is 0.333. The molecular weight excluding hydrogens is 378 g/mol. The molecule has 1 amide bonds. The lowest BCUT2D eigenvalue weighted by Crippen LogP contribution is -2.42. The summed E-state index contributed by atoms with van der Waals surface area (Å²) in [6, 6.07) is 19.8. The number of ether oxygens (including phenoxy) is 1. The molecule has 2 aromatic carbocycles. The van der Waals surface area contributed by atoms with Gasteiger partial charge in [-0.2, -0.15) is 0 Å². The van der Waals surface area contributed by atoms with Crippen molar-refractivity contribution in [2.45, 2.75) is 38.5 Å². The van der Waals surface area contributed by atoms with Gasteiger partial charge in [0.2, 0.25) is 0 Å². The average molecular weight is 403 g/mol. The van der Waals surface area contributed by atoms with Gasteiger partial charge in [-0.25, -0.2) is 4.68 Å². The standard InChI is InChI=1S/C24H25N3O3/c28-23-20-13-14-25(24(29)22-12-7-15-30-22)17-21(20)26(16-18-8-3-1-4-9-18)27(23)19-10-5-2-6-11-19/h1-6,8-11,22H,7,12-17H2. The van der Waals surface area contributed by atoms with E-state index < -0.39 is 0 Å². The van der Waals surface area contributed by atoms with Crippen molar-refractivity contribution in [2.75, 3.05) is 13.2 Å². The third-order valence-corrected chi connectivity index (χ3v) is 6.02. The summed E-state index contributed by atoms with van der Waals surface area (Å²) in [4.78, 5) is 28.2. The lowest BCUT2D eigenvalue weighted by atomic mass is 10.1. The SMILES string of the molecule is O=C(C1CCCO1)N1CCc2c(n(Cc3ccccc3)n(-c3ccccc3)c2=O)C1. The molecule has 3 aromatic rings. The van der Waals surface area contributed by atoms with E-state index in [-0.39, 0.29) is 17.6 Å². The van der Waals surface area contributed by atoms with Crippen molar-refractivity contribution in [3.8, 4) is 5.69 Å². The van der Waals surface area contributed by atoms with Crippen LogP contribution in [0.2, 0.25) is 0 Å². The first-order valence-corrected chi connectivity index (χ1v) is 10.6. The number of para-hydroxylation sites is 1. The topological polar surface area (TPSA) is 56.5 Å². The summed E-state index contributed by atoms with van der Waals surface area (Å²) in [5.74, 6) is 0.0457. The number of benzene rings is 2. The van der Waals surface area contributed by atoms with Crippen LogP contribution in [-0.2, 0) is 29.0 Å². The van der Waals surface area contributed by atoms with Gasteiger partial charge in [0.1, 0.15) is 6.10 Å². The molecule has 1 atom stereocenters. The molecule has 1 unspecified atom stereocenters. The summed E-state index contributed by atoms with van der Waals surface area (Å²) >= 11 is 0. The number of hydrogen-bond acceptors (Lipinski definition) is 3. The summed E-state index contributed by atoms with van der Waals surface area (Å²) < 4.78 is 9.42. The molecule has 0 saturated carbocycles. The number of aromatic nitrogens is 2. The highest BCUT2D eigenvalue weighted by atomic mass is 16.5. The van der Waals surface area contributed by atoms with Crippen LogP contribution in [0.5, 0.6) is 0 Å². The number of carbonyl (C=O) groups is 1. The Morgan fingerprint density at radius 2 is 1.77 bits per heavy atom. The molecule has 30 heavy (non-hydrogen) atoms. The second-order valence-electron chi connectivity index (χ2n) is 7.93. The fourth-order valence-corrected chi connectivity index (χ4v) is 4.48. The first-order chi connectivity index (χ1) is 14.7. The molecule has 1 saturated heterocycles. The molecule has 1 aromatic heterocycles. The number of rotatable bonds is 4. The van der Waals surface area contributed by atoms with E-state index in [9.17, 15) is 9.59 Å². The maximum atomic E-state index is 13.4. The molecule has 6 heteroatoms. The Morgan fingerprint density at radius 1 is 1.03 bits per heavy atom. The third-order valence-electron chi connectivity index (χ3n) is 6.02. The molecule has 1 fully saturated rings. The van der Waals surface area contributed by atoms with Crippen molar-refractivity contribution in [3.05, 3.63) is 87.8 Å². The molecule has 0 radical (unpaired) electrons. The largest absolute Gasteiger partial charge is 0.368 e. The summed E-state index contributed by atoms with van der Waals surface area (Å²) in [5, 5.41) is 0. The Hall–Kier alpha value is -3.12. The van der Waals surface area contributed by atoms with Crippen molar-refractivity contribution in [2.24, 2.45) is 0 Å². The predicted molar refractivity (Wildman–Crippen MR) is 114 cm³/mol. The van der Waals surface area contributed by atoms with Crippen molar-refractivity contribution in [3.63, 3.8) is 0 Å². The lowest BCUT2D eigenvalue weighted by Gasteiger charge is -2.29. The van der Waals surface area contributed by atoms with E-state index in [4.69, 9.17) is 4.74 Å². The molecule has 0 aliphatic carbocycles. The lowest BCUT2D eigenvalue weighted by molar-refractivity contribution is -0.142. The number of carbonyl (C=O) groups excluding carboxylic acids is 1. The van der Waals surface area contributed by atoms with Crippen molar-refractivity contribution in [1.29, 1.82) is 0 Å². The van der Waals surface area contributed by atoms with Gasteiger partial charge < -0.3 is 9.64 Å². The first kappa shape index (κ1) is 18.9. The summed E-state index contributed by atoms with van der Waals surface area (Å²) in [6.07, 6.45) is 1.95. The van der Waals surface area contributed by atoms with Crippen molar-refractivity contribution in [1.82, 2.24) is 14.3 Å². The van der Waals surface area contributed by atoms with Crippen LogP contribution in [0.1, 0.15) is 29.7 Å². The van der Waals surface area contributed by atoms with E-state index in [1.54, 1.807) is 4.68 Å². The van der Waals surface area contributed by atoms with Crippen LogP contribution in [0.4, 0.5) is 0 Å². The van der Waals surface area contributed by atoms with Gasteiger partial charge in [-0.05, 0) is 37.0 Å². The molecule has 2 aliphatic rings. The van der Waals surface area contributed by atoms with Crippen LogP contribution in [0.3, 0.4) is 0 Å². The normalized spacial score (nSPS) is 18.4. The summed E-state index contributed by atoms with van der Waals surface area (Å²) in [6.45, 7) is 2.22. The highest BCUT2D eigenvalue weighted by molar-refractivity contribution is 5.81. The number of hydrogen-bond donors (Lipinski definition) is 0. The van der Waals surface area contributed by atoms with Gasteiger partial charge in [0.25, 0.3) is 11.5 Å². The third kappa shape index (κ3) is 3.37. The minimum atomic E-state index is -0.336. The minimum absolute atomic E-state index is 0.0105. The van der Waals surface area contributed by atoms with Crippen LogP contribution in [0, 0.1) is 0 Å². The van der Waals surface area contributed by atoms with Crippen LogP contribution in [-0.4, -0.2) is 39.4 Å². The van der Waals surface area contributed by atoms with Crippen LogP contribution < -0.4 is 5.56 Å². The molecule has 2 aliphatic heterocycles. The molecule has 5 rings (SSSR count). The van der Waals surface area contributed by atoms with E-state index >= 15 is 0 Å². The highest BCUT2D eigenvalue weighted by Gasteiger charge is 2.33. The van der Waals surface area contributed by atoms with Crippen molar-refractivity contribution < 1.29 is 9.53 Å². The zero-order valence-corrected chi connectivity index (χ0v) is 16.9. The van der Waals surface area contributed by atoms with E-state index in [1.165, 1.54) is 0 Å². The van der Waals surface area contributed by atoms with E-state index in [2.05, 4.69) is 12.1 Å². The molecule has 3 heterocycles. The molecule has 0 bridgehead atoms. The number of fused-ring (bicyclic) bond motifs is 1. The van der Waals surface area contributed by atoms with E-state index in [1.807, 2.05) is 58.1 Å². The summed E-state index contributed by atoms with van der Waals surface area (Å²) in [7, 11) is 0. The smallest absolute Gasteiger partial charge is 0.275 e. The minimum Gasteiger partial charge on any atom is -0.368 e. The Bertz CT molecular complexity index is 1100. The Kier molecular flexibility index (Phi) is 5.01. The zero-order valence-electron chi connectivity index (χ0n) is 16.9. The van der Waals surface area contributed by atoms with Crippen LogP contribution in [0.15, 0.2) is 65.5 Å². The molecule has 0 spiro atoms. The highest BCUT2D eigenvalue weighted by Crippen LogP contribution is 2.23. The Morgan fingerprint density at radius 3 is 2.47 bits per heavy atom. The van der Waals surface area contributed by atoms with Crippen LogP contribution in [0.25, 0.3) is 5.69 Å². The van der Waals surface area contributed by atoms with Gasteiger partial charge in [0.05, 0.1) is 24.5 Å². The zero-order chi connectivity index (χ0) is 20.5. The Balaban J connectivity index is 1.57. The van der Waals surface area contributed by atoms with Gasteiger partial charge in [0, 0.05) is 18.7 Å². The molecule has 6 nitrogen and oxygen atoms in total. The Labute approximate surface area is 175 Å². The quantitative estimate of drug-likeness (QED) is 0.673. The van der Waals surface area contributed by atoms with Crippen LogP contribution >= 0.6 is 0 Å². The molecule has 0 N–H and O–H groups in total. The van der Waals surface area contributed by atoms with E-state index in [0.29, 0.717) is 32.7 Å².